The molecular formula is C12H24O3. The van der Waals surface area contributed by atoms with Crippen LogP contribution >= 0.6 is 0 Å². The number of hydrogen-bond donors (Lipinski definition) is 1. The van der Waals surface area contributed by atoms with Gasteiger partial charge in [-0.1, -0.05) is 32.1 Å². The molecule has 1 aliphatic carbocycles. The molecule has 0 heterocycles. The van der Waals surface area contributed by atoms with Gasteiger partial charge < -0.3 is 9.84 Å². The first kappa shape index (κ1) is 14.4. The highest BCUT2D eigenvalue weighted by molar-refractivity contribution is 5.65. The summed E-state index contributed by atoms with van der Waals surface area (Å²) in [6, 6.07) is 0. The average Bonchev–Trinajstić information content (AvgIpc) is 2.20. The van der Waals surface area contributed by atoms with Gasteiger partial charge in [0, 0.05) is 13.5 Å². The molecule has 0 radical (unpaired) electrons. The summed E-state index contributed by atoms with van der Waals surface area (Å²) >= 11 is 0. The van der Waals surface area contributed by atoms with Crippen LogP contribution in [0.15, 0.2) is 0 Å². The van der Waals surface area contributed by atoms with E-state index in [0.717, 1.165) is 12.3 Å². The van der Waals surface area contributed by atoms with Crippen LogP contribution in [0.5, 0.6) is 0 Å². The largest absolute Gasteiger partial charge is 0.466 e. The van der Waals surface area contributed by atoms with Gasteiger partial charge in [-0.3, -0.25) is 4.79 Å². The molecule has 90 valence electrons. The van der Waals surface area contributed by atoms with Gasteiger partial charge >= 0.3 is 5.97 Å². The Morgan fingerprint density at radius 3 is 2.27 bits per heavy atom. The summed E-state index contributed by atoms with van der Waals surface area (Å²) < 4.78 is 4.40. The Kier molecular flexibility index (Phi) is 9.59. The summed E-state index contributed by atoms with van der Waals surface area (Å²) in [5, 5.41) is 8.62. The molecule has 0 aromatic carbocycles. The lowest BCUT2D eigenvalue weighted by molar-refractivity contribution is -0.140. The van der Waals surface area contributed by atoms with Crippen LogP contribution in [0.3, 0.4) is 0 Å². The van der Waals surface area contributed by atoms with Gasteiger partial charge in [-0.25, -0.2) is 0 Å². The van der Waals surface area contributed by atoms with E-state index in [2.05, 4.69) is 4.74 Å². The van der Waals surface area contributed by atoms with E-state index in [1.807, 2.05) is 0 Å². The highest BCUT2D eigenvalue weighted by Gasteiger charge is 2.11. The second-order valence-electron chi connectivity index (χ2n) is 3.94. The quantitative estimate of drug-likeness (QED) is 0.737. The predicted molar refractivity (Wildman–Crippen MR) is 60.6 cm³/mol. The number of esters is 1. The third-order valence-electron chi connectivity index (χ3n) is 2.61. The zero-order valence-electron chi connectivity index (χ0n) is 10.00. The van der Waals surface area contributed by atoms with Gasteiger partial charge in [0.25, 0.3) is 0 Å². The summed E-state index contributed by atoms with van der Waals surface area (Å²) in [6.07, 6.45) is 7.97. The minimum Gasteiger partial charge on any atom is -0.466 e. The van der Waals surface area contributed by atoms with E-state index in [1.165, 1.54) is 39.0 Å². The molecule has 3 nitrogen and oxygen atoms in total. The maximum Gasteiger partial charge on any atom is 0.302 e. The van der Waals surface area contributed by atoms with Crippen LogP contribution in [0.1, 0.15) is 52.4 Å². The molecule has 1 fully saturated rings. The molecule has 1 rings (SSSR count). The standard InChI is InChI=1S/C8H16O.C4H8O2/c9-7-6-8-4-2-1-3-5-8;1-3-6-4(2)5/h8-9H,1-7H2;3H2,1-2H3. The van der Waals surface area contributed by atoms with Gasteiger partial charge in [0.1, 0.15) is 0 Å². The fourth-order valence-corrected chi connectivity index (χ4v) is 1.86. The second-order valence-corrected chi connectivity index (χ2v) is 3.94. The number of aliphatic hydroxyl groups excluding tert-OH is 1. The molecule has 0 atom stereocenters. The summed E-state index contributed by atoms with van der Waals surface area (Å²) in [7, 11) is 0. The first-order valence-corrected chi connectivity index (χ1v) is 5.95. The van der Waals surface area contributed by atoms with Crippen molar-refractivity contribution in [2.24, 2.45) is 5.92 Å². The number of hydrogen-bond acceptors (Lipinski definition) is 3. The molecule has 0 spiro atoms. The molecule has 1 N–H and O–H groups in total. The lowest BCUT2D eigenvalue weighted by Crippen LogP contribution is -2.07. The normalized spacial score (nSPS) is 16.5. The first-order valence-electron chi connectivity index (χ1n) is 5.95. The molecule has 1 saturated carbocycles. The third kappa shape index (κ3) is 9.73. The van der Waals surface area contributed by atoms with Crippen LogP contribution in [-0.4, -0.2) is 24.3 Å². The highest BCUT2D eigenvalue weighted by atomic mass is 16.5. The molecule has 0 aromatic heterocycles. The molecule has 0 aromatic rings. The second kappa shape index (κ2) is 9.97. The van der Waals surface area contributed by atoms with E-state index in [0.29, 0.717) is 13.2 Å². The molecule has 1 aliphatic rings. The zero-order valence-corrected chi connectivity index (χ0v) is 10.00. The van der Waals surface area contributed by atoms with Crippen LogP contribution in [0.2, 0.25) is 0 Å². The topological polar surface area (TPSA) is 46.5 Å². The van der Waals surface area contributed by atoms with E-state index in [1.54, 1.807) is 6.92 Å². The number of carbonyl (C=O) groups excluding carboxylic acids is 1. The van der Waals surface area contributed by atoms with Crippen molar-refractivity contribution < 1.29 is 14.6 Å². The van der Waals surface area contributed by atoms with E-state index < -0.39 is 0 Å². The van der Waals surface area contributed by atoms with Crippen molar-refractivity contribution in [1.29, 1.82) is 0 Å². The van der Waals surface area contributed by atoms with Crippen LogP contribution in [-0.2, 0) is 9.53 Å². The molecule has 0 bridgehead atoms. The summed E-state index contributed by atoms with van der Waals surface area (Å²) in [6.45, 7) is 4.05. The van der Waals surface area contributed by atoms with Crippen LogP contribution in [0, 0.1) is 5.92 Å². The Morgan fingerprint density at radius 2 is 1.93 bits per heavy atom. The number of rotatable bonds is 3. The fourth-order valence-electron chi connectivity index (χ4n) is 1.86. The van der Waals surface area contributed by atoms with Crippen molar-refractivity contribution in [1.82, 2.24) is 0 Å². The Labute approximate surface area is 92.8 Å². The molecule has 0 aliphatic heterocycles. The van der Waals surface area contributed by atoms with Crippen LogP contribution in [0.4, 0.5) is 0 Å². The minimum absolute atomic E-state index is 0.211. The number of aliphatic hydroxyl groups is 1. The summed E-state index contributed by atoms with van der Waals surface area (Å²) in [5.41, 5.74) is 0. The van der Waals surface area contributed by atoms with Crippen molar-refractivity contribution in [3.63, 3.8) is 0 Å². The van der Waals surface area contributed by atoms with E-state index in [4.69, 9.17) is 5.11 Å². The highest BCUT2D eigenvalue weighted by Crippen LogP contribution is 2.25. The molecule has 0 saturated heterocycles. The van der Waals surface area contributed by atoms with Gasteiger partial charge in [0.05, 0.1) is 6.61 Å². The van der Waals surface area contributed by atoms with E-state index >= 15 is 0 Å². The summed E-state index contributed by atoms with van der Waals surface area (Å²) in [4.78, 5) is 9.82. The van der Waals surface area contributed by atoms with Crippen molar-refractivity contribution in [2.75, 3.05) is 13.2 Å². The first-order chi connectivity index (χ1) is 7.20. The molecule has 15 heavy (non-hydrogen) atoms. The van der Waals surface area contributed by atoms with Gasteiger partial charge in [0.2, 0.25) is 0 Å². The van der Waals surface area contributed by atoms with Gasteiger partial charge in [-0.2, -0.15) is 0 Å². The Bertz CT molecular complexity index is 148. The van der Waals surface area contributed by atoms with Crippen molar-refractivity contribution in [3.8, 4) is 0 Å². The smallest absolute Gasteiger partial charge is 0.302 e. The van der Waals surface area contributed by atoms with Crippen molar-refractivity contribution in [3.05, 3.63) is 0 Å². The van der Waals surface area contributed by atoms with Crippen LogP contribution in [0.25, 0.3) is 0 Å². The Morgan fingerprint density at radius 1 is 1.33 bits per heavy atom. The molecular weight excluding hydrogens is 192 g/mol. The monoisotopic (exact) mass is 216 g/mol. The predicted octanol–water partition coefficient (Wildman–Crippen LogP) is 2.52. The van der Waals surface area contributed by atoms with Gasteiger partial charge in [0.15, 0.2) is 0 Å². The lowest BCUT2D eigenvalue weighted by Gasteiger charge is -2.19. The maximum atomic E-state index is 9.82. The van der Waals surface area contributed by atoms with E-state index in [9.17, 15) is 4.79 Å². The third-order valence-corrected chi connectivity index (χ3v) is 2.61. The minimum atomic E-state index is -0.211. The number of ether oxygens (including phenoxy) is 1. The lowest BCUT2D eigenvalue weighted by atomic mass is 9.87. The van der Waals surface area contributed by atoms with Gasteiger partial charge in [-0.05, 0) is 19.3 Å². The van der Waals surface area contributed by atoms with Crippen molar-refractivity contribution >= 4 is 5.97 Å². The molecule has 0 unspecified atom stereocenters. The maximum absolute atomic E-state index is 9.82. The molecule has 3 heteroatoms. The fraction of sp³-hybridized carbons (Fsp3) is 0.917. The Hall–Kier alpha value is -0.570. The summed E-state index contributed by atoms with van der Waals surface area (Å²) in [5.74, 6) is 0.640. The van der Waals surface area contributed by atoms with Gasteiger partial charge in [-0.15, -0.1) is 0 Å². The van der Waals surface area contributed by atoms with Crippen LogP contribution < -0.4 is 0 Å². The zero-order chi connectivity index (χ0) is 11.5. The number of carbonyl (C=O) groups is 1. The Balaban J connectivity index is 0.000000288. The van der Waals surface area contributed by atoms with Crippen molar-refractivity contribution in [2.45, 2.75) is 52.4 Å². The molecule has 0 amide bonds. The SMILES string of the molecule is CCOC(C)=O.OCCC1CCCCC1. The average molecular weight is 216 g/mol. The van der Waals surface area contributed by atoms with E-state index in [-0.39, 0.29) is 5.97 Å².